The third kappa shape index (κ3) is 2.56. The van der Waals surface area contributed by atoms with Gasteiger partial charge in [-0.2, -0.15) is 5.10 Å². The molecule has 0 aromatic carbocycles. The molecule has 5 heteroatoms. The van der Waals surface area contributed by atoms with Gasteiger partial charge in [0.25, 0.3) is 0 Å². The van der Waals surface area contributed by atoms with E-state index in [9.17, 15) is 4.79 Å². The lowest BCUT2D eigenvalue weighted by atomic mass is 10.1. The van der Waals surface area contributed by atoms with Crippen molar-refractivity contribution in [2.75, 3.05) is 7.11 Å². The van der Waals surface area contributed by atoms with Crippen LogP contribution in [0.5, 0.6) is 0 Å². The smallest absolute Gasteiger partial charge is 0.348 e. The minimum atomic E-state index is -0.270. The molecule has 0 amide bonds. The minimum absolute atomic E-state index is 0.270. The topological polar surface area (TPSA) is 44.1 Å². The van der Waals surface area contributed by atoms with Gasteiger partial charge < -0.3 is 4.74 Å². The number of esters is 1. The number of thiophene rings is 1. The maximum Gasteiger partial charge on any atom is 0.348 e. The van der Waals surface area contributed by atoms with Gasteiger partial charge in [0.1, 0.15) is 4.88 Å². The number of methoxy groups -OCH3 is 1. The average Bonchev–Trinajstić information content (AvgIpc) is 2.93. The fourth-order valence-electron chi connectivity index (χ4n) is 2.18. The van der Waals surface area contributed by atoms with Gasteiger partial charge in [-0.15, -0.1) is 11.3 Å². The lowest BCUT2D eigenvalue weighted by Gasteiger charge is -2.04. The van der Waals surface area contributed by atoms with Crippen molar-refractivity contribution in [3.05, 3.63) is 27.6 Å². The van der Waals surface area contributed by atoms with Gasteiger partial charge in [-0.05, 0) is 25.0 Å². The third-order valence-electron chi connectivity index (χ3n) is 3.05. The first kappa shape index (κ1) is 13.8. The van der Waals surface area contributed by atoms with E-state index in [-0.39, 0.29) is 5.97 Å². The number of aryl methyl sites for hydroxylation is 3. The average molecular weight is 278 g/mol. The fourth-order valence-corrected chi connectivity index (χ4v) is 3.36. The van der Waals surface area contributed by atoms with Gasteiger partial charge >= 0.3 is 5.97 Å². The van der Waals surface area contributed by atoms with Gasteiger partial charge in [-0.3, -0.25) is 4.68 Å². The van der Waals surface area contributed by atoms with E-state index in [1.165, 1.54) is 23.3 Å². The summed E-state index contributed by atoms with van der Waals surface area (Å²) in [6.07, 6.45) is 3.85. The van der Waals surface area contributed by atoms with Crippen molar-refractivity contribution in [1.29, 1.82) is 0 Å². The number of ether oxygens (including phenoxy) is 1. The Bertz CT molecular complexity index is 579. The molecule has 0 saturated carbocycles. The zero-order valence-electron chi connectivity index (χ0n) is 11.7. The van der Waals surface area contributed by atoms with E-state index in [0.29, 0.717) is 4.88 Å². The summed E-state index contributed by atoms with van der Waals surface area (Å²) in [4.78, 5) is 13.6. The fraction of sp³-hybridized carbons (Fsp3) is 0.429. The van der Waals surface area contributed by atoms with Crippen molar-refractivity contribution >= 4 is 17.3 Å². The van der Waals surface area contributed by atoms with E-state index in [1.54, 1.807) is 0 Å². The van der Waals surface area contributed by atoms with Crippen LogP contribution in [0.4, 0.5) is 0 Å². The van der Waals surface area contributed by atoms with E-state index in [1.807, 2.05) is 30.9 Å². The summed E-state index contributed by atoms with van der Waals surface area (Å²) in [6.45, 7) is 4.17. The first-order chi connectivity index (χ1) is 9.08. The molecule has 0 spiro atoms. The summed E-state index contributed by atoms with van der Waals surface area (Å²) >= 11 is 1.52. The van der Waals surface area contributed by atoms with Gasteiger partial charge in [0.15, 0.2) is 0 Å². The lowest BCUT2D eigenvalue weighted by Crippen LogP contribution is -1.97. The monoisotopic (exact) mass is 278 g/mol. The van der Waals surface area contributed by atoms with Crippen LogP contribution in [-0.4, -0.2) is 22.9 Å². The van der Waals surface area contributed by atoms with Gasteiger partial charge in [0.05, 0.1) is 19.0 Å². The van der Waals surface area contributed by atoms with Gasteiger partial charge in [-0.25, -0.2) is 4.79 Å². The van der Waals surface area contributed by atoms with Crippen molar-refractivity contribution in [2.45, 2.75) is 26.7 Å². The Balaban J connectivity index is 2.55. The molecular formula is C14H18N2O2S. The molecule has 0 radical (unpaired) electrons. The Morgan fingerprint density at radius 3 is 2.79 bits per heavy atom. The predicted molar refractivity (Wildman–Crippen MR) is 76.6 cm³/mol. The quantitative estimate of drug-likeness (QED) is 0.807. The molecule has 0 unspecified atom stereocenters. The molecule has 0 aliphatic heterocycles. The number of nitrogens with zero attached hydrogens (tertiary/aromatic N) is 2. The van der Waals surface area contributed by atoms with E-state index in [4.69, 9.17) is 4.74 Å². The van der Waals surface area contributed by atoms with E-state index in [0.717, 1.165) is 29.7 Å². The van der Waals surface area contributed by atoms with Gasteiger partial charge in [0.2, 0.25) is 0 Å². The molecule has 2 heterocycles. The summed E-state index contributed by atoms with van der Waals surface area (Å²) in [7, 11) is 3.34. The highest BCUT2D eigenvalue weighted by atomic mass is 32.1. The van der Waals surface area contributed by atoms with E-state index in [2.05, 4.69) is 12.0 Å². The second-order valence-electron chi connectivity index (χ2n) is 4.49. The molecule has 19 heavy (non-hydrogen) atoms. The second kappa shape index (κ2) is 5.57. The third-order valence-corrected chi connectivity index (χ3v) is 4.22. The van der Waals surface area contributed by atoms with Crippen LogP contribution < -0.4 is 0 Å². The molecular weight excluding hydrogens is 260 g/mol. The Kier molecular flexibility index (Phi) is 4.04. The summed E-state index contributed by atoms with van der Waals surface area (Å²) in [5.74, 6) is -0.270. The highest BCUT2D eigenvalue weighted by Gasteiger charge is 2.19. The first-order valence-corrected chi connectivity index (χ1v) is 7.10. The van der Waals surface area contributed by atoms with Crippen LogP contribution in [0, 0.1) is 6.92 Å². The Hall–Kier alpha value is -1.62. The van der Waals surface area contributed by atoms with Gasteiger partial charge in [-0.1, -0.05) is 13.3 Å². The van der Waals surface area contributed by atoms with Crippen molar-refractivity contribution in [2.24, 2.45) is 7.05 Å². The van der Waals surface area contributed by atoms with Crippen LogP contribution in [0.1, 0.15) is 33.5 Å². The van der Waals surface area contributed by atoms with Crippen LogP contribution in [0.25, 0.3) is 11.3 Å². The molecule has 0 fully saturated rings. The molecule has 0 N–H and O–H groups in total. The van der Waals surface area contributed by atoms with Crippen molar-refractivity contribution < 1.29 is 9.53 Å². The second-order valence-corrected chi connectivity index (χ2v) is 5.63. The standard InChI is InChI=1S/C14H18N2O2S/c1-5-6-11-10(7-12(19-11)14(17)18-4)13-9(2)8-15-16(13)3/h7-8H,5-6H2,1-4H3. The number of aromatic nitrogens is 2. The number of rotatable bonds is 4. The van der Waals surface area contributed by atoms with E-state index >= 15 is 0 Å². The van der Waals surface area contributed by atoms with Crippen LogP contribution in [0.15, 0.2) is 12.3 Å². The minimum Gasteiger partial charge on any atom is -0.465 e. The molecule has 0 aliphatic rings. The maximum absolute atomic E-state index is 11.7. The van der Waals surface area contributed by atoms with Crippen molar-refractivity contribution in [3.63, 3.8) is 0 Å². The number of hydrogen-bond acceptors (Lipinski definition) is 4. The summed E-state index contributed by atoms with van der Waals surface area (Å²) in [5.41, 5.74) is 3.30. The van der Waals surface area contributed by atoms with Crippen molar-refractivity contribution in [1.82, 2.24) is 9.78 Å². The molecule has 0 bridgehead atoms. The molecule has 2 aromatic heterocycles. The van der Waals surface area contributed by atoms with Crippen LogP contribution in [-0.2, 0) is 18.2 Å². The van der Waals surface area contributed by atoms with Gasteiger partial charge in [0, 0.05) is 17.5 Å². The Morgan fingerprint density at radius 1 is 1.53 bits per heavy atom. The highest BCUT2D eigenvalue weighted by Crippen LogP contribution is 2.34. The zero-order chi connectivity index (χ0) is 14.0. The molecule has 0 atom stereocenters. The SMILES string of the molecule is CCCc1sc(C(=O)OC)cc1-c1c(C)cnn1C. The Labute approximate surface area is 117 Å². The van der Waals surface area contributed by atoms with E-state index < -0.39 is 0 Å². The zero-order valence-corrected chi connectivity index (χ0v) is 12.5. The molecule has 2 aromatic rings. The molecule has 4 nitrogen and oxygen atoms in total. The van der Waals surface area contributed by atoms with Crippen molar-refractivity contribution in [3.8, 4) is 11.3 Å². The number of carbonyl (C=O) groups excluding carboxylic acids is 1. The molecule has 0 saturated heterocycles. The largest absolute Gasteiger partial charge is 0.465 e. The number of carbonyl (C=O) groups is 1. The summed E-state index contributed by atoms with van der Waals surface area (Å²) < 4.78 is 6.67. The Morgan fingerprint density at radius 2 is 2.26 bits per heavy atom. The normalized spacial score (nSPS) is 10.7. The van der Waals surface area contributed by atoms with Crippen LogP contribution in [0.2, 0.25) is 0 Å². The predicted octanol–water partition coefficient (Wildman–Crippen LogP) is 3.20. The molecule has 2 rings (SSSR count). The summed E-state index contributed by atoms with van der Waals surface area (Å²) in [6, 6.07) is 1.92. The molecule has 102 valence electrons. The van der Waals surface area contributed by atoms with Crippen LogP contribution >= 0.6 is 11.3 Å². The van der Waals surface area contributed by atoms with Crippen LogP contribution in [0.3, 0.4) is 0 Å². The summed E-state index contributed by atoms with van der Waals surface area (Å²) in [5, 5.41) is 4.27. The maximum atomic E-state index is 11.7. The molecule has 0 aliphatic carbocycles. The first-order valence-electron chi connectivity index (χ1n) is 6.28. The lowest BCUT2D eigenvalue weighted by molar-refractivity contribution is 0.0606. The number of hydrogen-bond donors (Lipinski definition) is 0. The highest BCUT2D eigenvalue weighted by molar-refractivity contribution is 7.14.